The SMILES string of the molecule is C[C@H]1CCCC[C@@]12NC(=O)N(CN(C)Cc1nc3ccccc3s1)C2=O. The second-order valence-corrected chi connectivity index (χ2v) is 8.63. The van der Waals surface area contributed by atoms with Gasteiger partial charge in [-0.3, -0.25) is 9.69 Å². The van der Waals surface area contributed by atoms with Crippen molar-refractivity contribution in [1.29, 1.82) is 0 Å². The molecule has 1 aromatic carbocycles. The van der Waals surface area contributed by atoms with Gasteiger partial charge in [0.05, 0.1) is 23.4 Å². The van der Waals surface area contributed by atoms with E-state index in [1.807, 2.05) is 30.1 Å². The van der Waals surface area contributed by atoms with E-state index in [0.717, 1.165) is 40.9 Å². The van der Waals surface area contributed by atoms with Gasteiger partial charge in [0.1, 0.15) is 10.5 Å². The van der Waals surface area contributed by atoms with Gasteiger partial charge in [-0.25, -0.2) is 14.7 Å². The summed E-state index contributed by atoms with van der Waals surface area (Å²) in [6, 6.07) is 7.78. The van der Waals surface area contributed by atoms with Crippen LogP contribution >= 0.6 is 11.3 Å². The number of thiazole rings is 1. The number of carbonyl (C=O) groups excluding carboxylic acids is 2. The molecule has 2 atom stereocenters. The Bertz CT molecular complexity index is 818. The highest BCUT2D eigenvalue weighted by molar-refractivity contribution is 7.18. The number of fused-ring (bicyclic) bond motifs is 1. The van der Waals surface area contributed by atoms with Gasteiger partial charge in [-0.1, -0.05) is 31.9 Å². The Morgan fingerprint density at radius 3 is 2.92 bits per heavy atom. The first-order valence-electron chi connectivity index (χ1n) is 9.17. The maximum absolute atomic E-state index is 13.0. The number of nitrogens with one attached hydrogen (secondary N) is 1. The third-order valence-electron chi connectivity index (χ3n) is 5.63. The summed E-state index contributed by atoms with van der Waals surface area (Å²) in [4.78, 5) is 33.5. The van der Waals surface area contributed by atoms with E-state index < -0.39 is 5.54 Å². The molecule has 0 radical (unpaired) electrons. The zero-order chi connectivity index (χ0) is 18.3. The van der Waals surface area contributed by atoms with Crippen LogP contribution in [0.1, 0.15) is 37.6 Å². The minimum atomic E-state index is -0.688. The molecule has 0 unspecified atom stereocenters. The van der Waals surface area contributed by atoms with E-state index in [2.05, 4.69) is 23.3 Å². The summed E-state index contributed by atoms with van der Waals surface area (Å²) in [6.07, 6.45) is 3.85. The lowest BCUT2D eigenvalue weighted by Gasteiger charge is -2.37. The number of benzene rings is 1. The molecule has 2 aliphatic rings. The van der Waals surface area contributed by atoms with E-state index in [4.69, 9.17) is 0 Å². The maximum atomic E-state index is 13.0. The molecule has 1 aliphatic carbocycles. The Hall–Kier alpha value is -1.99. The van der Waals surface area contributed by atoms with E-state index in [1.165, 1.54) is 4.90 Å². The number of carbonyl (C=O) groups is 2. The molecule has 0 bridgehead atoms. The summed E-state index contributed by atoms with van der Waals surface area (Å²) < 4.78 is 1.15. The van der Waals surface area contributed by atoms with Gasteiger partial charge in [0.25, 0.3) is 5.91 Å². The Morgan fingerprint density at radius 2 is 2.15 bits per heavy atom. The van der Waals surface area contributed by atoms with E-state index in [-0.39, 0.29) is 24.5 Å². The predicted molar refractivity (Wildman–Crippen MR) is 102 cm³/mol. The molecule has 3 amide bonds. The van der Waals surface area contributed by atoms with Gasteiger partial charge in [0.15, 0.2) is 0 Å². The first kappa shape index (κ1) is 17.4. The Balaban J connectivity index is 1.46. The molecule has 6 nitrogen and oxygen atoms in total. The molecule has 1 N–H and O–H groups in total. The molecule has 1 saturated carbocycles. The number of nitrogens with zero attached hydrogens (tertiary/aromatic N) is 3. The monoisotopic (exact) mass is 372 g/mol. The van der Waals surface area contributed by atoms with Gasteiger partial charge < -0.3 is 5.32 Å². The maximum Gasteiger partial charge on any atom is 0.326 e. The largest absolute Gasteiger partial charge is 0.326 e. The summed E-state index contributed by atoms with van der Waals surface area (Å²) in [5.74, 6) is 0.123. The quantitative estimate of drug-likeness (QED) is 0.837. The number of rotatable bonds is 4. The van der Waals surface area contributed by atoms with Gasteiger partial charge in [0, 0.05) is 0 Å². The van der Waals surface area contributed by atoms with Gasteiger partial charge in [-0.05, 0) is 37.9 Å². The van der Waals surface area contributed by atoms with Crippen molar-refractivity contribution in [3.05, 3.63) is 29.3 Å². The van der Waals surface area contributed by atoms with E-state index in [1.54, 1.807) is 11.3 Å². The number of para-hydroxylation sites is 1. The molecule has 1 aromatic heterocycles. The zero-order valence-electron chi connectivity index (χ0n) is 15.2. The fourth-order valence-corrected chi connectivity index (χ4v) is 5.18. The molecule has 7 heteroatoms. The van der Waals surface area contributed by atoms with Crippen LogP contribution in [0.2, 0.25) is 0 Å². The van der Waals surface area contributed by atoms with Crippen molar-refractivity contribution in [3.63, 3.8) is 0 Å². The lowest BCUT2D eigenvalue weighted by Crippen LogP contribution is -2.54. The first-order valence-corrected chi connectivity index (χ1v) is 9.98. The summed E-state index contributed by atoms with van der Waals surface area (Å²) in [5.41, 5.74) is 0.303. The second kappa shape index (κ2) is 6.63. The van der Waals surface area contributed by atoms with Crippen LogP contribution in [0.3, 0.4) is 0 Å². The lowest BCUT2D eigenvalue weighted by atomic mass is 9.73. The molecule has 2 aromatic rings. The van der Waals surface area contributed by atoms with Gasteiger partial charge in [0.2, 0.25) is 0 Å². The molecular formula is C19H24N4O2S. The normalized spacial score (nSPS) is 26.3. The number of hydrogen-bond donors (Lipinski definition) is 1. The van der Waals surface area contributed by atoms with Crippen LogP contribution in [-0.2, 0) is 11.3 Å². The Labute approximate surface area is 157 Å². The summed E-state index contributed by atoms with van der Waals surface area (Å²) >= 11 is 1.65. The molecular weight excluding hydrogens is 348 g/mol. The van der Waals surface area contributed by atoms with Crippen molar-refractivity contribution in [2.75, 3.05) is 13.7 Å². The van der Waals surface area contributed by atoms with Gasteiger partial charge in [-0.2, -0.15) is 0 Å². The fraction of sp³-hybridized carbons (Fsp3) is 0.526. The van der Waals surface area contributed by atoms with E-state index >= 15 is 0 Å². The van der Waals surface area contributed by atoms with Crippen LogP contribution in [-0.4, -0.2) is 46.0 Å². The van der Waals surface area contributed by atoms with Crippen LogP contribution in [0, 0.1) is 5.92 Å². The highest BCUT2D eigenvalue weighted by atomic mass is 32.1. The fourth-order valence-electron chi connectivity index (χ4n) is 4.13. The number of hydrogen-bond acceptors (Lipinski definition) is 5. The average Bonchev–Trinajstić information content (AvgIpc) is 3.12. The predicted octanol–water partition coefficient (Wildman–Crippen LogP) is 3.19. The molecule has 1 spiro atoms. The second-order valence-electron chi connectivity index (χ2n) is 7.51. The standard InChI is InChI=1S/C19H24N4O2S/c1-13-7-5-6-10-19(13)17(24)23(18(25)21-19)12-22(2)11-16-20-14-8-3-4-9-15(14)26-16/h3-4,8-9,13H,5-7,10-12H2,1-2H3,(H,21,25)/t13-,19+/m0/s1. The summed E-state index contributed by atoms with van der Waals surface area (Å²) in [6.45, 7) is 2.97. The van der Waals surface area contributed by atoms with E-state index in [0.29, 0.717) is 6.54 Å². The summed E-state index contributed by atoms with van der Waals surface area (Å²) in [5, 5.41) is 3.99. The third-order valence-corrected chi connectivity index (χ3v) is 6.65. The van der Waals surface area contributed by atoms with Crippen molar-refractivity contribution in [1.82, 2.24) is 20.1 Å². The Morgan fingerprint density at radius 1 is 1.35 bits per heavy atom. The van der Waals surface area contributed by atoms with Crippen LogP contribution < -0.4 is 5.32 Å². The van der Waals surface area contributed by atoms with Crippen LogP contribution in [0.15, 0.2) is 24.3 Å². The molecule has 1 aliphatic heterocycles. The first-order chi connectivity index (χ1) is 12.5. The number of urea groups is 1. The van der Waals surface area contributed by atoms with Crippen molar-refractivity contribution < 1.29 is 9.59 Å². The molecule has 2 fully saturated rings. The van der Waals surface area contributed by atoms with Gasteiger partial charge >= 0.3 is 6.03 Å². The van der Waals surface area contributed by atoms with Gasteiger partial charge in [-0.15, -0.1) is 11.3 Å². The van der Waals surface area contributed by atoms with Crippen LogP contribution in [0.5, 0.6) is 0 Å². The average molecular weight is 372 g/mol. The highest BCUT2D eigenvalue weighted by Gasteiger charge is 2.54. The van der Waals surface area contributed by atoms with Crippen molar-refractivity contribution in [2.24, 2.45) is 5.92 Å². The van der Waals surface area contributed by atoms with Crippen LogP contribution in [0.4, 0.5) is 4.79 Å². The minimum absolute atomic E-state index is 0.0640. The molecule has 4 rings (SSSR count). The third kappa shape index (κ3) is 2.89. The van der Waals surface area contributed by atoms with Crippen molar-refractivity contribution >= 4 is 33.5 Å². The van der Waals surface area contributed by atoms with Crippen molar-refractivity contribution in [3.8, 4) is 0 Å². The topological polar surface area (TPSA) is 65.5 Å². The zero-order valence-corrected chi connectivity index (χ0v) is 16.0. The number of imide groups is 1. The number of aromatic nitrogens is 1. The molecule has 1 saturated heterocycles. The molecule has 26 heavy (non-hydrogen) atoms. The highest BCUT2D eigenvalue weighted by Crippen LogP contribution is 2.38. The number of amides is 3. The van der Waals surface area contributed by atoms with E-state index in [9.17, 15) is 9.59 Å². The van der Waals surface area contributed by atoms with Crippen LogP contribution in [0.25, 0.3) is 10.2 Å². The summed E-state index contributed by atoms with van der Waals surface area (Å²) in [7, 11) is 1.92. The minimum Gasteiger partial charge on any atom is -0.323 e. The molecule has 2 heterocycles. The van der Waals surface area contributed by atoms with Crippen molar-refractivity contribution in [2.45, 2.75) is 44.7 Å². The molecule has 138 valence electrons. The lowest BCUT2D eigenvalue weighted by molar-refractivity contribution is -0.135. The Kier molecular flexibility index (Phi) is 4.44. The smallest absolute Gasteiger partial charge is 0.323 e.